The third-order valence-corrected chi connectivity index (χ3v) is 0.952. The Morgan fingerprint density at radius 1 is 1.38 bits per heavy atom. The first kappa shape index (κ1) is 8.07. The van der Waals surface area contributed by atoms with Crippen molar-refractivity contribution < 1.29 is 17.6 Å². The summed E-state index contributed by atoms with van der Waals surface area (Å²) in [6.07, 6.45) is -3.60. The summed E-state index contributed by atoms with van der Waals surface area (Å²) >= 11 is 3.01. The summed E-state index contributed by atoms with van der Waals surface area (Å²) in [6, 6.07) is 0. The molecule has 0 aliphatic carbocycles. The van der Waals surface area contributed by atoms with Crippen molar-refractivity contribution in [2.24, 2.45) is 0 Å². The lowest BCUT2D eigenvalue weighted by Crippen LogP contribution is -2.28. The molecule has 0 N–H and O–H groups in total. The van der Waals surface area contributed by atoms with Crippen LogP contribution in [0.25, 0.3) is 0 Å². The Labute approximate surface area is 49.3 Å². The normalized spacial score (nSPS) is 12.8. The minimum Gasteiger partial charge on any atom is -0.204 e. The van der Waals surface area contributed by atoms with Gasteiger partial charge in [-0.25, -0.2) is 8.78 Å². The van der Waals surface area contributed by atoms with E-state index in [0.29, 0.717) is 0 Å². The topological polar surface area (TPSA) is 0 Å². The highest BCUT2D eigenvalue weighted by Gasteiger charge is 2.38. The van der Waals surface area contributed by atoms with Crippen molar-refractivity contribution in [3.8, 4) is 0 Å². The van der Waals surface area contributed by atoms with Gasteiger partial charge in [-0.15, -0.1) is 0 Å². The van der Waals surface area contributed by atoms with E-state index in [2.05, 4.69) is 12.6 Å². The predicted octanol–water partition coefficient (Wildman–Crippen LogP) is 1.82. The molecule has 0 aliphatic rings. The minimum atomic E-state index is -3.93. The largest absolute Gasteiger partial charge is 0.316 e. The zero-order chi connectivity index (χ0) is 6.78. The summed E-state index contributed by atoms with van der Waals surface area (Å²) in [5.74, 6) is -5.03. The molecule has 0 saturated heterocycles. The van der Waals surface area contributed by atoms with Gasteiger partial charge in [-0.05, 0) is 0 Å². The van der Waals surface area contributed by atoms with E-state index < -0.39 is 18.1 Å². The van der Waals surface area contributed by atoms with Crippen molar-refractivity contribution in [2.75, 3.05) is 5.75 Å². The molecular weight excluding hydrogens is 144 g/mol. The average molecular weight is 148 g/mol. The van der Waals surface area contributed by atoms with Gasteiger partial charge in [0.25, 0.3) is 0 Å². The fraction of sp³-hybridized carbons (Fsp3) is 1.00. The number of alkyl halides is 4. The van der Waals surface area contributed by atoms with E-state index in [1.165, 1.54) is 0 Å². The fourth-order valence-electron chi connectivity index (χ4n) is 0.0690. The van der Waals surface area contributed by atoms with Crippen LogP contribution in [0.3, 0.4) is 0 Å². The molecule has 0 nitrogen and oxygen atoms in total. The van der Waals surface area contributed by atoms with Crippen LogP contribution in [0, 0.1) is 0 Å². The molecule has 0 radical (unpaired) electrons. The summed E-state index contributed by atoms with van der Waals surface area (Å²) in [6.45, 7) is 0. The van der Waals surface area contributed by atoms with Gasteiger partial charge < -0.3 is 0 Å². The summed E-state index contributed by atoms with van der Waals surface area (Å²) in [4.78, 5) is 0. The van der Waals surface area contributed by atoms with Gasteiger partial charge in [-0.2, -0.15) is 21.4 Å². The van der Waals surface area contributed by atoms with Crippen LogP contribution >= 0.6 is 12.6 Å². The number of rotatable bonds is 2. The Hall–Kier alpha value is 0.0700. The van der Waals surface area contributed by atoms with Crippen molar-refractivity contribution in [1.29, 1.82) is 0 Å². The Morgan fingerprint density at radius 3 is 1.75 bits per heavy atom. The number of hydrogen-bond donors (Lipinski definition) is 1. The van der Waals surface area contributed by atoms with Gasteiger partial charge in [-0.3, -0.25) is 0 Å². The molecule has 8 heavy (non-hydrogen) atoms. The summed E-state index contributed by atoms with van der Waals surface area (Å²) in [5, 5.41) is 0. The Balaban J connectivity index is 3.71. The Kier molecular flexibility index (Phi) is 2.59. The molecule has 0 fully saturated rings. The van der Waals surface area contributed by atoms with E-state index in [1.807, 2.05) is 0 Å². The van der Waals surface area contributed by atoms with Gasteiger partial charge in [0, 0.05) is 0 Å². The number of hydrogen-bond acceptors (Lipinski definition) is 1. The van der Waals surface area contributed by atoms with Crippen LogP contribution in [0.15, 0.2) is 0 Å². The van der Waals surface area contributed by atoms with Gasteiger partial charge in [0.05, 0.1) is 5.75 Å². The molecule has 0 bridgehead atoms. The maximum absolute atomic E-state index is 11.4. The number of thiol groups is 1. The summed E-state index contributed by atoms with van der Waals surface area (Å²) in [7, 11) is 0. The molecule has 0 aliphatic heterocycles. The van der Waals surface area contributed by atoms with Crippen LogP contribution in [-0.4, -0.2) is 18.1 Å². The Morgan fingerprint density at radius 2 is 1.75 bits per heavy atom. The molecule has 5 heteroatoms. The van der Waals surface area contributed by atoms with Gasteiger partial charge in [0.1, 0.15) is 0 Å². The second kappa shape index (κ2) is 2.57. The van der Waals surface area contributed by atoms with Crippen molar-refractivity contribution in [3.63, 3.8) is 0 Å². The van der Waals surface area contributed by atoms with Gasteiger partial charge in [-0.1, -0.05) is 0 Å². The zero-order valence-electron chi connectivity index (χ0n) is 3.74. The number of halogens is 4. The molecule has 0 aromatic rings. The van der Waals surface area contributed by atoms with Crippen molar-refractivity contribution in [2.45, 2.75) is 12.3 Å². The summed E-state index contributed by atoms with van der Waals surface area (Å²) < 4.78 is 44.9. The molecule has 0 rings (SSSR count). The lowest BCUT2D eigenvalue weighted by molar-refractivity contribution is -0.109. The van der Waals surface area contributed by atoms with Crippen molar-refractivity contribution in [3.05, 3.63) is 0 Å². The molecule has 0 spiro atoms. The first-order chi connectivity index (χ1) is 3.50. The molecule has 0 atom stereocenters. The van der Waals surface area contributed by atoms with Crippen LogP contribution in [0.1, 0.15) is 0 Å². The first-order valence-corrected chi connectivity index (χ1v) is 2.41. The van der Waals surface area contributed by atoms with Crippen LogP contribution < -0.4 is 0 Å². The van der Waals surface area contributed by atoms with E-state index in [-0.39, 0.29) is 0 Å². The van der Waals surface area contributed by atoms with Crippen molar-refractivity contribution in [1.82, 2.24) is 0 Å². The van der Waals surface area contributed by atoms with E-state index in [0.717, 1.165) is 0 Å². The summed E-state index contributed by atoms with van der Waals surface area (Å²) in [5.41, 5.74) is 0. The maximum Gasteiger partial charge on any atom is 0.316 e. The highest BCUT2D eigenvalue weighted by molar-refractivity contribution is 7.80. The molecule has 0 saturated carbocycles. The molecular formula is C3H4F4S. The second-order valence-electron chi connectivity index (χ2n) is 1.22. The third kappa shape index (κ3) is 1.90. The third-order valence-electron chi connectivity index (χ3n) is 0.530. The predicted molar refractivity (Wildman–Crippen MR) is 24.8 cm³/mol. The molecule has 0 amide bonds. The lowest BCUT2D eigenvalue weighted by atomic mass is 10.4. The van der Waals surface area contributed by atoms with Gasteiger partial charge in [0.15, 0.2) is 0 Å². The van der Waals surface area contributed by atoms with Crippen LogP contribution in [0.2, 0.25) is 0 Å². The molecule has 0 unspecified atom stereocenters. The van der Waals surface area contributed by atoms with Crippen molar-refractivity contribution >= 4 is 12.6 Å². The molecule has 0 aromatic heterocycles. The van der Waals surface area contributed by atoms with Gasteiger partial charge in [0.2, 0.25) is 0 Å². The minimum absolute atomic E-state index is 1.11. The maximum atomic E-state index is 11.4. The van der Waals surface area contributed by atoms with E-state index in [1.54, 1.807) is 0 Å². The van der Waals surface area contributed by atoms with E-state index >= 15 is 0 Å². The van der Waals surface area contributed by atoms with Crippen LogP contribution in [0.5, 0.6) is 0 Å². The average Bonchev–Trinajstić information content (AvgIpc) is 1.67. The molecule has 0 heterocycles. The highest BCUT2D eigenvalue weighted by atomic mass is 32.1. The van der Waals surface area contributed by atoms with E-state index in [4.69, 9.17) is 0 Å². The highest BCUT2D eigenvalue weighted by Crippen LogP contribution is 2.23. The SMILES string of the molecule is FC(F)C(F)(F)CS. The second-order valence-corrected chi connectivity index (χ2v) is 1.54. The zero-order valence-corrected chi connectivity index (χ0v) is 4.64. The Bertz CT molecular complexity index is 71.7. The quantitative estimate of drug-likeness (QED) is 0.448. The molecule has 50 valence electrons. The van der Waals surface area contributed by atoms with Crippen LogP contribution in [0.4, 0.5) is 17.6 Å². The molecule has 0 aromatic carbocycles. The van der Waals surface area contributed by atoms with E-state index in [9.17, 15) is 17.6 Å². The standard InChI is InChI=1S/C3H4F4S/c4-2(5)3(6,7)1-8/h2,8H,1H2. The monoisotopic (exact) mass is 148 g/mol. The first-order valence-electron chi connectivity index (χ1n) is 1.77. The smallest absolute Gasteiger partial charge is 0.204 e. The van der Waals surface area contributed by atoms with Crippen LogP contribution in [-0.2, 0) is 0 Å². The van der Waals surface area contributed by atoms with Gasteiger partial charge >= 0.3 is 12.3 Å². The lowest BCUT2D eigenvalue weighted by Gasteiger charge is -2.09. The fourth-order valence-corrected chi connectivity index (χ4v) is 0.207.